The first-order chi connectivity index (χ1) is 10.7. The van der Waals surface area contributed by atoms with Crippen LogP contribution in [-0.4, -0.2) is 11.5 Å². The molecule has 4 nitrogen and oxygen atoms in total. The quantitative estimate of drug-likeness (QED) is 0.925. The Morgan fingerprint density at radius 1 is 1.23 bits per heavy atom. The molecule has 4 heteroatoms. The summed E-state index contributed by atoms with van der Waals surface area (Å²) < 4.78 is 11.4. The van der Waals surface area contributed by atoms with Gasteiger partial charge in [0.05, 0.1) is 12.3 Å². The van der Waals surface area contributed by atoms with Crippen molar-refractivity contribution in [2.24, 2.45) is 0 Å². The van der Waals surface area contributed by atoms with Gasteiger partial charge in [-0.25, -0.2) is 0 Å². The summed E-state index contributed by atoms with van der Waals surface area (Å²) in [5.74, 6) is 1.01. The molecule has 0 unspecified atom stereocenters. The molecule has 1 aliphatic rings. The highest BCUT2D eigenvalue weighted by Gasteiger charge is 2.39. The Labute approximate surface area is 130 Å². The largest absolute Gasteiger partial charge is 0.487 e. The van der Waals surface area contributed by atoms with Crippen molar-refractivity contribution in [3.63, 3.8) is 0 Å². The third-order valence-electron chi connectivity index (χ3n) is 4.54. The van der Waals surface area contributed by atoms with Gasteiger partial charge in [0.15, 0.2) is 5.76 Å². The maximum atomic E-state index is 12.3. The average molecular weight is 299 g/mol. The molecule has 1 N–H and O–H groups in total. The maximum absolute atomic E-state index is 12.3. The van der Waals surface area contributed by atoms with Gasteiger partial charge in [0.2, 0.25) is 0 Å². The Morgan fingerprint density at radius 3 is 2.68 bits per heavy atom. The molecular formula is C18H21NO3. The maximum Gasteiger partial charge on any atom is 0.287 e. The predicted octanol–water partition coefficient (Wildman–Crippen LogP) is 4.09. The summed E-state index contributed by atoms with van der Waals surface area (Å²) in [4.78, 5) is 12.3. The van der Waals surface area contributed by atoms with E-state index in [0.717, 1.165) is 30.6 Å². The van der Waals surface area contributed by atoms with Gasteiger partial charge in [-0.3, -0.25) is 4.79 Å². The first-order valence-electron chi connectivity index (χ1n) is 7.80. The molecule has 1 atom stereocenters. The van der Waals surface area contributed by atoms with Crippen molar-refractivity contribution in [2.45, 2.75) is 44.8 Å². The third-order valence-corrected chi connectivity index (χ3v) is 4.54. The summed E-state index contributed by atoms with van der Waals surface area (Å²) in [5.41, 5.74) is 0.801. The first-order valence-corrected chi connectivity index (χ1v) is 7.80. The second kappa shape index (κ2) is 5.87. The molecule has 116 valence electrons. The Balaban J connectivity index is 1.90. The van der Waals surface area contributed by atoms with Gasteiger partial charge >= 0.3 is 0 Å². The van der Waals surface area contributed by atoms with Crippen LogP contribution < -0.4 is 10.1 Å². The van der Waals surface area contributed by atoms with Gasteiger partial charge in [0, 0.05) is 12.0 Å². The van der Waals surface area contributed by atoms with Crippen LogP contribution in [0.3, 0.4) is 0 Å². The van der Waals surface area contributed by atoms with Gasteiger partial charge < -0.3 is 14.5 Å². The molecule has 0 aliphatic carbocycles. The topological polar surface area (TPSA) is 51.5 Å². The Bertz CT molecular complexity index is 644. The Hall–Kier alpha value is -2.23. The number of hydrogen-bond donors (Lipinski definition) is 1. The van der Waals surface area contributed by atoms with Crippen LogP contribution in [0.2, 0.25) is 0 Å². The molecule has 0 bridgehead atoms. The molecule has 0 saturated heterocycles. The van der Waals surface area contributed by atoms with Crippen molar-refractivity contribution in [3.8, 4) is 5.75 Å². The van der Waals surface area contributed by atoms with Crippen LogP contribution in [0.15, 0.2) is 47.1 Å². The van der Waals surface area contributed by atoms with Crippen LogP contribution in [0, 0.1) is 0 Å². The standard InChI is InChI=1S/C18H21NO3/c1-3-18(4-2)12-14(13-8-5-6-9-15(13)22-18)19-17(20)16-10-7-11-21-16/h5-11,14H,3-4,12H2,1-2H3,(H,19,20)/t14-/m0/s1. The zero-order chi connectivity index (χ0) is 15.6. The highest BCUT2D eigenvalue weighted by atomic mass is 16.5. The van der Waals surface area contributed by atoms with Gasteiger partial charge in [0.25, 0.3) is 5.91 Å². The van der Waals surface area contributed by atoms with Crippen molar-refractivity contribution < 1.29 is 13.9 Å². The van der Waals surface area contributed by atoms with E-state index >= 15 is 0 Å². The van der Waals surface area contributed by atoms with Crippen molar-refractivity contribution in [2.75, 3.05) is 0 Å². The molecule has 2 aromatic rings. The van der Waals surface area contributed by atoms with E-state index in [-0.39, 0.29) is 17.6 Å². The van der Waals surface area contributed by atoms with E-state index in [2.05, 4.69) is 19.2 Å². The summed E-state index contributed by atoms with van der Waals surface area (Å²) in [6.07, 6.45) is 4.09. The number of carbonyl (C=O) groups excluding carboxylic acids is 1. The molecule has 3 rings (SSSR count). The summed E-state index contributed by atoms with van der Waals surface area (Å²) in [6.45, 7) is 4.26. The smallest absolute Gasteiger partial charge is 0.287 e. The predicted molar refractivity (Wildman–Crippen MR) is 83.9 cm³/mol. The number of benzene rings is 1. The van der Waals surface area contributed by atoms with Crippen LogP contribution in [0.25, 0.3) is 0 Å². The lowest BCUT2D eigenvalue weighted by Crippen LogP contribution is -2.44. The number of amides is 1. The minimum atomic E-state index is -0.227. The number of ether oxygens (including phenoxy) is 1. The fraction of sp³-hybridized carbons (Fsp3) is 0.389. The normalized spacial score (nSPS) is 19.1. The SMILES string of the molecule is CCC1(CC)C[C@H](NC(=O)c2ccco2)c2ccccc2O1. The lowest BCUT2D eigenvalue weighted by atomic mass is 9.83. The summed E-state index contributed by atoms with van der Waals surface area (Å²) >= 11 is 0. The van der Waals surface area contributed by atoms with E-state index in [1.807, 2.05) is 24.3 Å². The lowest BCUT2D eigenvalue weighted by molar-refractivity contribution is 0.0225. The van der Waals surface area contributed by atoms with Crippen LogP contribution >= 0.6 is 0 Å². The van der Waals surface area contributed by atoms with Crippen molar-refractivity contribution >= 4 is 5.91 Å². The van der Waals surface area contributed by atoms with E-state index in [1.165, 1.54) is 6.26 Å². The summed E-state index contributed by atoms with van der Waals surface area (Å²) in [5, 5.41) is 3.09. The first kappa shape index (κ1) is 14.7. The van der Waals surface area contributed by atoms with Crippen molar-refractivity contribution in [1.29, 1.82) is 0 Å². The number of rotatable bonds is 4. The molecule has 22 heavy (non-hydrogen) atoms. The van der Waals surface area contributed by atoms with Gasteiger partial charge in [-0.05, 0) is 31.0 Å². The summed E-state index contributed by atoms with van der Waals surface area (Å²) in [7, 11) is 0. The molecule has 0 radical (unpaired) electrons. The highest BCUT2D eigenvalue weighted by molar-refractivity contribution is 5.91. The van der Waals surface area contributed by atoms with Crippen molar-refractivity contribution in [3.05, 3.63) is 54.0 Å². The molecular weight excluding hydrogens is 278 g/mol. The van der Waals surface area contributed by atoms with E-state index in [0.29, 0.717) is 5.76 Å². The highest BCUT2D eigenvalue weighted by Crippen LogP contribution is 2.42. The number of carbonyl (C=O) groups is 1. The number of nitrogens with one attached hydrogen (secondary N) is 1. The minimum absolute atomic E-state index is 0.0672. The average Bonchev–Trinajstić information content (AvgIpc) is 3.09. The van der Waals surface area contributed by atoms with Gasteiger partial charge in [0.1, 0.15) is 11.4 Å². The molecule has 0 fully saturated rings. The minimum Gasteiger partial charge on any atom is -0.487 e. The molecule has 0 spiro atoms. The Morgan fingerprint density at radius 2 is 2.00 bits per heavy atom. The molecule has 1 aliphatic heterocycles. The number of furan rings is 1. The Kier molecular flexibility index (Phi) is 3.92. The van der Waals surface area contributed by atoms with Crippen molar-refractivity contribution in [1.82, 2.24) is 5.32 Å². The third kappa shape index (κ3) is 2.61. The molecule has 1 aromatic heterocycles. The van der Waals surface area contributed by atoms with Crippen LogP contribution in [-0.2, 0) is 0 Å². The van der Waals surface area contributed by atoms with Crippen LogP contribution in [0.4, 0.5) is 0 Å². The van der Waals surface area contributed by atoms with E-state index in [1.54, 1.807) is 12.1 Å². The van der Waals surface area contributed by atoms with Crippen LogP contribution in [0.1, 0.15) is 55.3 Å². The second-order valence-electron chi connectivity index (χ2n) is 5.74. The second-order valence-corrected chi connectivity index (χ2v) is 5.74. The van der Waals surface area contributed by atoms with Gasteiger partial charge in [-0.2, -0.15) is 0 Å². The van der Waals surface area contributed by atoms with Gasteiger partial charge in [-0.1, -0.05) is 32.0 Å². The summed E-state index contributed by atoms with van der Waals surface area (Å²) in [6, 6.07) is 11.2. The van der Waals surface area contributed by atoms with E-state index in [4.69, 9.17) is 9.15 Å². The van der Waals surface area contributed by atoms with Crippen LogP contribution in [0.5, 0.6) is 5.75 Å². The fourth-order valence-corrected chi connectivity index (χ4v) is 3.07. The fourth-order valence-electron chi connectivity index (χ4n) is 3.07. The molecule has 0 saturated carbocycles. The van der Waals surface area contributed by atoms with Gasteiger partial charge in [-0.15, -0.1) is 0 Å². The zero-order valence-corrected chi connectivity index (χ0v) is 13.0. The van der Waals surface area contributed by atoms with E-state index in [9.17, 15) is 4.79 Å². The molecule has 2 heterocycles. The lowest BCUT2D eigenvalue weighted by Gasteiger charge is -2.41. The number of para-hydroxylation sites is 1. The molecule has 1 aromatic carbocycles. The monoisotopic (exact) mass is 299 g/mol. The number of hydrogen-bond acceptors (Lipinski definition) is 3. The zero-order valence-electron chi connectivity index (χ0n) is 13.0. The molecule has 1 amide bonds. The number of fused-ring (bicyclic) bond motifs is 1. The van der Waals surface area contributed by atoms with E-state index < -0.39 is 0 Å².